The molecule has 8 rings (SSSR count). The summed E-state index contributed by atoms with van der Waals surface area (Å²) in [6, 6.07) is 30.0. The summed E-state index contributed by atoms with van der Waals surface area (Å²) in [6.45, 7) is 0.902. The van der Waals surface area contributed by atoms with E-state index in [1.807, 2.05) is 0 Å². The van der Waals surface area contributed by atoms with Crippen LogP contribution in [0.2, 0.25) is 0 Å². The average Bonchev–Trinajstić information content (AvgIpc) is 3.34. The topological polar surface area (TPSA) is 3.88 Å². The summed E-state index contributed by atoms with van der Waals surface area (Å²) < 4.78 is 296. The van der Waals surface area contributed by atoms with Crippen LogP contribution in [0.1, 0.15) is 5.56 Å². The Balaban J connectivity index is 0.000000246. The van der Waals surface area contributed by atoms with E-state index in [2.05, 4.69) is 102 Å². The Morgan fingerprint density at radius 1 is 0.279 bits per heavy atom. The third kappa shape index (κ3) is 7.73. The van der Waals surface area contributed by atoms with Gasteiger partial charge in [0, 0.05) is 17.7 Å². The van der Waals surface area contributed by atoms with Gasteiger partial charge in [-0.3, -0.25) is 0 Å². The predicted octanol–water partition coefficient (Wildman–Crippen LogP) is 10.7. The van der Waals surface area contributed by atoms with Crippen molar-refractivity contribution in [3.05, 3.63) is 219 Å². The number of benzene rings is 7. The molecule has 0 saturated heterocycles. The first-order valence-corrected chi connectivity index (χ1v) is 18.8. The molecule has 0 spiro atoms. The van der Waals surface area contributed by atoms with Gasteiger partial charge < -0.3 is 0 Å². The van der Waals surface area contributed by atoms with E-state index in [4.69, 9.17) is 0 Å². The van der Waals surface area contributed by atoms with Crippen LogP contribution in [-0.2, 0) is 6.54 Å². The van der Waals surface area contributed by atoms with Crippen molar-refractivity contribution >= 4 is 38.8 Å². The first-order valence-electron chi connectivity index (χ1n) is 18.8. The minimum absolute atomic E-state index is 0.902. The fraction of sp³-hybridized carbons (Fsp3) is 0.0217. The summed E-state index contributed by atoms with van der Waals surface area (Å²) in [5.41, 5.74) is -10.5. The van der Waals surface area contributed by atoms with Gasteiger partial charge in [0.2, 0.25) is 0 Å². The Kier molecular flexibility index (Phi) is 13.1. The van der Waals surface area contributed by atoms with Crippen LogP contribution in [-0.4, -0.2) is 6.15 Å². The number of halogens is 20. The average molecular weight is 975 g/mol. The van der Waals surface area contributed by atoms with Crippen LogP contribution in [0.15, 0.2) is 97.3 Å². The maximum atomic E-state index is 15.4. The van der Waals surface area contributed by atoms with E-state index in [9.17, 15) is 52.7 Å². The molecule has 7 aromatic carbocycles. The molecule has 1 nitrogen and oxygen atoms in total. The maximum absolute atomic E-state index is 15.4. The number of pyridine rings is 1. The van der Waals surface area contributed by atoms with Crippen molar-refractivity contribution in [1.29, 1.82) is 0 Å². The van der Waals surface area contributed by atoms with Gasteiger partial charge in [0.05, 0.1) is 0 Å². The fourth-order valence-electron chi connectivity index (χ4n) is 7.79. The number of rotatable bonds is 7. The lowest BCUT2D eigenvalue weighted by Gasteiger charge is -2.44. The minimum Gasteiger partial charge on any atom is -0.207 e. The molecule has 0 aliphatic rings. The van der Waals surface area contributed by atoms with Crippen molar-refractivity contribution in [2.24, 2.45) is 0 Å². The lowest BCUT2D eigenvalue weighted by Crippen LogP contribution is -2.81. The van der Waals surface area contributed by atoms with E-state index < -0.39 is 144 Å². The van der Waals surface area contributed by atoms with E-state index in [0.29, 0.717) is 0 Å². The smallest absolute Gasteiger partial charge is 0.200 e. The molecule has 0 aliphatic heterocycles. The Hall–Kier alpha value is -7.39. The van der Waals surface area contributed by atoms with Gasteiger partial charge in [-0.1, -0.05) is 66.7 Å². The standard InChI is InChI=1S/C24BF20.C22H18N/c26-5-1(6(27)14(35)21(42)13(5)34)25(2-7(28)15(36)22(43)16(37)8(2)29,3-9(30)17(38)23(44)18(39)10(3)31)4-11(32)19(40)24(45)20(41)12(4)33;1-2-6-18(7-3-1)17-23-14-12-20(13-15-23)22-11-10-19-8-4-5-9-21(19)16-22/h;1-16H,17H2/q-1;+1. The molecule has 1 aromatic heterocycles. The summed E-state index contributed by atoms with van der Waals surface area (Å²) in [6.07, 6.45) is -2.92. The highest BCUT2D eigenvalue weighted by atomic mass is 19.2. The third-order valence-electron chi connectivity index (χ3n) is 10.9. The zero-order valence-electron chi connectivity index (χ0n) is 33.0. The lowest BCUT2D eigenvalue weighted by molar-refractivity contribution is -0.688. The number of nitrogens with zero attached hydrogens (tertiary/aromatic N) is 1. The molecule has 0 amide bonds. The predicted molar refractivity (Wildman–Crippen MR) is 204 cm³/mol. The molecule has 0 fully saturated rings. The molecular formula is C46H18BF20N. The molecule has 0 aliphatic carbocycles. The van der Waals surface area contributed by atoms with Crippen LogP contribution >= 0.6 is 0 Å². The molecule has 350 valence electrons. The summed E-state index contributed by atoms with van der Waals surface area (Å²) in [5, 5.41) is 2.57. The van der Waals surface area contributed by atoms with Crippen molar-refractivity contribution < 1.29 is 92.4 Å². The van der Waals surface area contributed by atoms with Crippen LogP contribution in [0.3, 0.4) is 0 Å². The second kappa shape index (κ2) is 18.4. The quantitative estimate of drug-likeness (QED) is 0.0493. The monoisotopic (exact) mass is 975 g/mol. The number of aromatic nitrogens is 1. The molecular weight excluding hydrogens is 957 g/mol. The molecule has 1 heterocycles. The minimum atomic E-state index is -7.22. The molecule has 8 aromatic rings. The molecule has 0 N–H and O–H groups in total. The molecule has 0 bridgehead atoms. The van der Waals surface area contributed by atoms with Gasteiger partial charge in [0.25, 0.3) is 0 Å². The van der Waals surface area contributed by atoms with Crippen LogP contribution in [0.4, 0.5) is 87.8 Å². The highest BCUT2D eigenvalue weighted by Crippen LogP contribution is 2.31. The Labute approximate surface area is 367 Å². The van der Waals surface area contributed by atoms with Crippen molar-refractivity contribution in [1.82, 2.24) is 0 Å². The molecule has 0 unspecified atom stereocenters. The van der Waals surface area contributed by atoms with E-state index in [-0.39, 0.29) is 0 Å². The summed E-state index contributed by atoms with van der Waals surface area (Å²) in [4.78, 5) is 0. The highest BCUT2D eigenvalue weighted by molar-refractivity contribution is 7.20. The molecule has 0 atom stereocenters. The van der Waals surface area contributed by atoms with Gasteiger partial charge in [0.15, 0.2) is 88.7 Å². The molecule has 22 heteroatoms. The van der Waals surface area contributed by atoms with Crippen LogP contribution in [0, 0.1) is 116 Å². The zero-order chi connectivity index (χ0) is 49.8. The first kappa shape index (κ1) is 48.5. The summed E-state index contributed by atoms with van der Waals surface area (Å²) in [7, 11) is 0. The lowest BCUT2D eigenvalue weighted by atomic mass is 9.12. The largest absolute Gasteiger partial charge is 0.207 e. The van der Waals surface area contributed by atoms with Gasteiger partial charge >= 0.3 is 0 Å². The van der Waals surface area contributed by atoms with Gasteiger partial charge in [-0.2, -0.15) is 0 Å². The number of hydrogen-bond donors (Lipinski definition) is 0. The van der Waals surface area contributed by atoms with E-state index >= 15 is 35.1 Å². The second-order valence-corrected chi connectivity index (χ2v) is 14.6. The maximum Gasteiger partial charge on any atom is 0.200 e. The fourth-order valence-corrected chi connectivity index (χ4v) is 7.79. The molecule has 68 heavy (non-hydrogen) atoms. The third-order valence-corrected chi connectivity index (χ3v) is 10.9. The Morgan fingerprint density at radius 2 is 0.574 bits per heavy atom. The van der Waals surface area contributed by atoms with E-state index in [1.165, 1.54) is 27.5 Å². The van der Waals surface area contributed by atoms with Crippen LogP contribution in [0.5, 0.6) is 0 Å². The van der Waals surface area contributed by atoms with Gasteiger partial charge in [-0.15, -0.1) is 21.9 Å². The molecule has 0 radical (unpaired) electrons. The van der Waals surface area contributed by atoms with Gasteiger partial charge in [-0.25, -0.2) is 92.4 Å². The summed E-state index contributed by atoms with van der Waals surface area (Å²) in [5.74, 6) is -71.4. The normalized spacial score (nSPS) is 11.6. The molecule has 0 saturated carbocycles. The van der Waals surface area contributed by atoms with E-state index in [0.717, 1.165) is 6.54 Å². The number of fused-ring (bicyclic) bond motifs is 1. The van der Waals surface area contributed by atoms with Gasteiger partial charge in [0.1, 0.15) is 52.7 Å². The van der Waals surface area contributed by atoms with Crippen LogP contribution in [0.25, 0.3) is 21.9 Å². The van der Waals surface area contributed by atoms with Crippen molar-refractivity contribution in [3.8, 4) is 11.1 Å². The van der Waals surface area contributed by atoms with E-state index in [1.54, 1.807) is 0 Å². The zero-order valence-corrected chi connectivity index (χ0v) is 33.0. The SMILES string of the molecule is Fc1c(F)c(F)c([B-](c2c(F)c(F)c(F)c(F)c2F)(c2c(F)c(F)c(F)c(F)c2F)c2c(F)c(F)c(F)c(F)c2F)c(F)c1F.c1ccc(C[n+]2ccc(-c3ccc4ccccc4c3)cc2)cc1. The first-order chi connectivity index (χ1) is 32.1. The Morgan fingerprint density at radius 3 is 0.912 bits per heavy atom. The van der Waals surface area contributed by atoms with Crippen molar-refractivity contribution in [2.45, 2.75) is 6.54 Å². The Bertz CT molecular complexity index is 2930. The van der Waals surface area contributed by atoms with Gasteiger partial charge in [-0.05, 0) is 28.0 Å². The van der Waals surface area contributed by atoms with Crippen LogP contribution < -0.4 is 26.4 Å². The number of hydrogen-bond acceptors (Lipinski definition) is 0. The van der Waals surface area contributed by atoms with Crippen molar-refractivity contribution in [3.63, 3.8) is 0 Å². The highest BCUT2D eigenvalue weighted by Gasteiger charge is 2.52. The van der Waals surface area contributed by atoms with Crippen molar-refractivity contribution in [2.75, 3.05) is 0 Å². The second-order valence-electron chi connectivity index (χ2n) is 14.6. The summed E-state index contributed by atoms with van der Waals surface area (Å²) >= 11 is 0.